The summed E-state index contributed by atoms with van der Waals surface area (Å²) in [5.74, 6) is 6.26. The van der Waals surface area contributed by atoms with Crippen molar-refractivity contribution in [3.05, 3.63) is 134 Å². The number of rotatable bonds is 8. The number of fused-ring (bicyclic) bond motifs is 1. The number of nitrogens with one attached hydrogen (secondary N) is 1. The third kappa shape index (κ3) is 9.10. The van der Waals surface area contributed by atoms with Crippen molar-refractivity contribution in [2.24, 2.45) is 4.99 Å². The zero-order valence-corrected chi connectivity index (χ0v) is 37.8. The lowest BCUT2D eigenvalue weighted by Gasteiger charge is -2.39. The van der Waals surface area contributed by atoms with Crippen molar-refractivity contribution < 1.29 is 28.7 Å². The summed E-state index contributed by atoms with van der Waals surface area (Å²) in [6.07, 6.45) is 0.937. The molecular formula is C50H50Cl2N6O6. The third-order valence-electron chi connectivity index (χ3n) is 12.3. The Bertz CT molecular complexity index is 2590. The number of hydrogen-bond donors (Lipinski definition) is 1. The standard InChI is InChI=1S/C50H50Cl2N6O6/c1-5-64-41-29-34(50(2,3)4)17-22-38(41)46-54-44(32-13-18-35(51)19-14-32)45(33-15-20-36(52)21-16-33)58(46)49(63)56-27-25-55(26-28-56)43(60)12-7-6-9-31-10-8-11-37-39(31)30-57(48(37)62)40-23-24-42(59)53-47(40)61/h8,10-11,13-22,29,40,44-45H,5,7,12,23-28,30H2,1-4H3,(H,53,59,61). The number of aliphatic imine (C=N–C) groups is 1. The number of imide groups is 1. The number of piperazine rings is 1. The zero-order valence-electron chi connectivity index (χ0n) is 36.3. The monoisotopic (exact) mass is 900 g/mol. The molecule has 0 spiro atoms. The molecule has 4 heterocycles. The highest BCUT2D eigenvalue weighted by Gasteiger charge is 2.45. The van der Waals surface area contributed by atoms with E-state index in [-0.39, 0.29) is 55.0 Å². The summed E-state index contributed by atoms with van der Waals surface area (Å²) in [6.45, 7) is 10.3. The smallest absolute Gasteiger partial charge is 0.326 e. The Kier molecular flexibility index (Phi) is 12.9. The zero-order chi connectivity index (χ0) is 45.3. The van der Waals surface area contributed by atoms with E-state index in [0.717, 1.165) is 22.3 Å². The van der Waals surface area contributed by atoms with E-state index in [4.69, 9.17) is 32.9 Å². The van der Waals surface area contributed by atoms with Gasteiger partial charge in [0.15, 0.2) is 0 Å². The molecule has 3 unspecified atom stereocenters. The van der Waals surface area contributed by atoms with Crippen LogP contribution in [0.5, 0.6) is 5.75 Å². The Balaban J connectivity index is 0.991. The van der Waals surface area contributed by atoms with Gasteiger partial charge in [-0.15, -0.1) is 0 Å². The molecule has 2 saturated heterocycles. The molecule has 6 amide bonds. The Hall–Kier alpha value is -6.16. The molecule has 4 aliphatic rings. The molecule has 14 heteroatoms. The van der Waals surface area contributed by atoms with E-state index < -0.39 is 24.0 Å². The molecule has 4 aliphatic heterocycles. The highest BCUT2D eigenvalue weighted by atomic mass is 35.5. The van der Waals surface area contributed by atoms with Crippen LogP contribution in [0.2, 0.25) is 10.0 Å². The van der Waals surface area contributed by atoms with E-state index >= 15 is 4.79 Å². The molecule has 64 heavy (non-hydrogen) atoms. The highest BCUT2D eigenvalue weighted by molar-refractivity contribution is 6.30. The molecule has 4 aromatic carbocycles. The van der Waals surface area contributed by atoms with Gasteiger partial charge < -0.3 is 19.4 Å². The van der Waals surface area contributed by atoms with Crippen LogP contribution in [-0.2, 0) is 26.3 Å². The number of carbonyl (C=O) groups is 5. The van der Waals surface area contributed by atoms with Crippen LogP contribution in [-0.4, -0.2) is 93.9 Å². The minimum atomic E-state index is -0.715. The molecule has 0 saturated carbocycles. The van der Waals surface area contributed by atoms with Gasteiger partial charge in [-0.2, -0.15) is 0 Å². The Morgan fingerprint density at radius 2 is 1.53 bits per heavy atom. The van der Waals surface area contributed by atoms with Gasteiger partial charge in [0.2, 0.25) is 17.7 Å². The minimum Gasteiger partial charge on any atom is -0.493 e. The lowest BCUT2D eigenvalue weighted by Crippen LogP contribution is -2.55. The van der Waals surface area contributed by atoms with Crippen LogP contribution in [0.15, 0.2) is 89.9 Å². The number of amidine groups is 1. The minimum absolute atomic E-state index is 0.0653. The fourth-order valence-electron chi connectivity index (χ4n) is 8.79. The first-order valence-corrected chi connectivity index (χ1v) is 22.4. The summed E-state index contributed by atoms with van der Waals surface area (Å²) in [7, 11) is 0. The van der Waals surface area contributed by atoms with E-state index in [1.807, 2.05) is 73.7 Å². The Labute approximate surface area is 383 Å². The van der Waals surface area contributed by atoms with E-state index in [1.165, 1.54) is 4.90 Å². The predicted octanol–water partition coefficient (Wildman–Crippen LogP) is 8.09. The van der Waals surface area contributed by atoms with Crippen molar-refractivity contribution in [1.29, 1.82) is 0 Å². The van der Waals surface area contributed by atoms with Gasteiger partial charge in [-0.3, -0.25) is 34.4 Å². The largest absolute Gasteiger partial charge is 0.493 e. The number of urea groups is 1. The predicted molar refractivity (Wildman–Crippen MR) is 245 cm³/mol. The summed E-state index contributed by atoms with van der Waals surface area (Å²) < 4.78 is 6.28. The second-order valence-electron chi connectivity index (χ2n) is 17.4. The van der Waals surface area contributed by atoms with Crippen LogP contribution in [0.25, 0.3) is 0 Å². The molecule has 1 N–H and O–H groups in total. The number of benzene rings is 4. The van der Waals surface area contributed by atoms with Gasteiger partial charge >= 0.3 is 6.03 Å². The lowest BCUT2D eigenvalue weighted by atomic mass is 9.86. The average molecular weight is 902 g/mol. The molecule has 0 radical (unpaired) electrons. The van der Waals surface area contributed by atoms with Crippen molar-refractivity contribution >= 4 is 58.7 Å². The average Bonchev–Trinajstić information content (AvgIpc) is 3.83. The van der Waals surface area contributed by atoms with Gasteiger partial charge in [0.1, 0.15) is 23.7 Å². The van der Waals surface area contributed by atoms with Crippen molar-refractivity contribution in [3.8, 4) is 17.6 Å². The Morgan fingerprint density at radius 1 is 0.859 bits per heavy atom. The van der Waals surface area contributed by atoms with Gasteiger partial charge in [-0.1, -0.05) is 92.2 Å². The first-order valence-electron chi connectivity index (χ1n) is 21.7. The van der Waals surface area contributed by atoms with Crippen LogP contribution in [0.3, 0.4) is 0 Å². The second-order valence-corrected chi connectivity index (χ2v) is 18.3. The molecule has 2 fully saturated rings. The summed E-state index contributed by atoms with van der Waals surface area (Å²) in [4.78, 5) is 78.4. The fraction of sp³-hybridized carbons (Fsp3) is 0.360. The molecule has 3 atom stereocenters. The highest BCUT2D eigenvalue weighted by Crippen LogP contribution is 2.46. The SMILES string of the molecule is CCOc1cc(C(C)(C)C)ccc1C1=NC(c2ccc(Cl)cc2)C(c2ccc(Cl)cc2)N1C(=O)N1CCN(C(=O)CCC#Cc2cccc3c2CN(C2CCC(=O)NC2=O)C3=O)CC1. The van der Waals surface area contributed by atoms with Crippen LogP contribution in [0.1, 0.15) is 109 Å². The van der Waals surface area contributed by atoms with Crippen molar-refractivity contribution in [2.75, 3.05) is 32.8 Å². The van der Waals surface area contributed by atoms with Crippen molar-refractivity contribution in [1.82, 2.24) is 24.9 Å². The number of piperidine rings is 1. The third-order valence-corrected chi connectivity index (χ3v) is 12.8. The van der Waals surface area contributed by atoms with Crippen molar-refractivity contribution in [2.45, 2.75) is 83.5 Å². The number of ether oxygens (including phenoxy) is 1. The molecule has 12 nitrogen and oxygen atoms in total. The van der Waals surface area contributed by atoms with Crippen LogP contribution in [0, 0.1) is 11.8 Å². The number of halogens is 2. The molecule has 0 aliphatic carbocycles. The second kappa shape index (κ2) is 18.5. The molecular weight excluding hydrogens is 851 g/mol. The van der Waals surface area contributed by atoms with Gasteiger partial charge in [-0.05, 0) is 89.5 Å². The number of nitrogens with zero attached hydrogens (tertiary/aromatic N) is 5. The number of hydrogen-bond acceptors (Lipinski definition) is 7. The Morgan fingerprint density at radius 3 is 2.19 bits per heavy atom. The summed E-state index contributed by atoms with van der Waals surface area (Å²) in [6, 6.07) is 24.5. The van der Waals surface area contributed by atoms with Crippen LogP contribution >= 0.6 is 23.2 Å². The molecule has 4 aromatic rings. The van der Waals surface area contributed by atoms with Crippen LogP contribution in [0.4, 0.5) is 4.79 Å². The van der Waals surface area contributed by atoms with E-state index in [2.05, 4.69) is 44.0 Å². The van der Waals surface area contributed by atoms with Gasteiger partial charge in [0.25, 0.3) is 5.91 Å². The molecule has 0 bridgehead atoms. The van der Waals surface area contributed by atoms with Gasteiger partial charge in [0.05, 0.1) is 18.2 Å². The maximum absolute atomic E-state index is 15.1. The van der Waals surface area contributed by atoms with Gasteiger partial charge in [-0.25, -0.2) is 4.79 Å². The van der Waals surface area contributed by atoms with Gasteiger partial charge in [0, 0.05) is 73.2 Å². The maximum Gasteiger partial charge on any atom is 0.326 e. The van der Waals surface area contributed by atoms with Crippen molar-refractivity contribution in [3.63, 3.8) is 0 Å². The first-order chi connectivity index (χ1) is 30.7. The first kappa shape index (κ1) is 44.4. The molecule has 8 rings (SSSR count). The van der Waals surface area contributed by atoms with E-state index in [0.29, 0.717) is 77.5 Å². The summed E-state index contributed by atoms with van der Waals surface area (Å²) in [5, 5.41) is 3.50. The lowest BCUT2D eigenvalue weighted by molar-refractivity contribution is -0.137. The maximum atomic E-state index is 15.1. The van der Waals surface area contributed by atoms with Crippen LogP contribution < -0.4 is 10.1 Å². The molecule has 330 valence electrons. The summed E-state index contributed by atoms with van der Waals surface area (Å²) >= 11 is 12.7. The number of amides is 6. The van der Waals surface area contributed by atoms with E-state index in [9.17, 15) is 19.2 Å². The number of carbonyl (C=O) groups excluding carboxylic acids is 5. The normalized spacial score (nSPS) is 19.8. The topological polar surface area (TPSA) is 132 Å². The quantitative estimate of drug-likeness (QED) is 0.141. The fourth-order valence-corrected chi connectivity index (χ4v) is 9.04. The molecule has 0 aromatic heterocycles. The van der Waals surface area contributed by atoms with E-state index in [1.54, 1.807) is 26.8 Å². The summed E-state index contributed by atoms with van der Waals surface area (Å²) in [5.41, 5.74) is 5.27.